The number of hydrogen-bond acceptors (Lipinski definition) is 4. The summed E-state index contributed by atoms with van der Waals surface area (Å²) in [6.45, 7) is 0. The average molecular weight is 446 g/mol. The van der Waals surface area contributed by atoms with E-state index in [0.717, 1.165) is 24.8 Å². The van der Waals surface area contributed by atoms with Crippen LogP contribution in [0.2, 0.25) is 5.02 Å². The Bertz CT molecular complexity index is 997. The molecule has 1 aliphatic rings. The molecule has 150 valence electrons. The fraction of sp³-hybridized carbons (Fsp3) is 0.316. The van der Waals surface area contributed by atoms with Gasteiger partial charge in [0.05, 0.1) is 26.3 Å². The van der Waals surface area contributed by atoms with Crippen LogP contribution in [0, 0.1) is 0 Å². The van der Waals surface area contributed by atoms with Crippen molar-refractivity contribution in [3.8, 4) is 0 Å². The molecule has 28 heavy (non-hydrogen) atoms. The van der Waals surface area contributed by atoms with Crippen LogP contribution in [-0.4, -0.2) is 25.8 Å². The van der Waals surface area contributed by atoms with Gasteiger partial charge in [0.1, 0.15) is 0 Å². The van der Waals surface area contributed by atoms with Crippen molar-refractivity contribution in [2.75, 3.05) is 11.1 Å². The number of halogens is 3. The molecule has 1 N–H and O–H groups in total. The minimum atomic E-state index is -3.62. The number of rotatable bonds is 7. The highest BCUT2D eigenvalue weighted by molar-refractivity contribution is 7.99. The maximum atomic E-state index is 12.7. The van der Waals surface area contributed by atoms with E-state index >= 15 is 0 Å². The van der Waals surface area contributed by atoms with Gasteiger partial charge in [-0.05, 0) is 54.7 Å². The second-order valence-electron chi connectivity index (χ2n) is 6.40. The molecule has 0 saturated carbocycles. The molecule has 4 nitrogen and oxygen atoms in total. The molecule has 0 aliphatic heterocycles. The molecule has 2 aromatic rings. The third-order valence-corrected chi connectivity index (χ3v) is 7.47. The molecule has 1 amide bonds. The van der Waals surface area contributed by atoms with E-state index in [4.69, 9.17) is 11.6 Å². The van der Waals surface area contributed by atoms with Gasteiger partial charge >= 0.3 is 0 Å². The highest BCUT2D eigenvalue weighted by atomic mass is 35.5. The van der Waals surface area contributed by atoms with E-state index in [2.05, 4.69) is 5.32 Å². The zero-order chi connectivity index (χ0) is 20.3. The Morgan fingerprint density at radius 2 is 1.93 bits per heavy atom. The second kappa shape index (κ2) is 8.80. The predicted octanol–water partition coefficient (Wildman–Crippen LogP) is 4.95. The number of fused-ring (bicyclic) bond motifs is 1. The van der Waals surface area contributed by atoms with Crippen LogP contribution in [0.3, 0.4) is 0 Å². The van der Waals surface area contributed by atoms with Crippen molar-refractivity contribution in [2.45, 2.75) is 41.2 Å². The molecular weight excluding hydrogens is 428 g/mol. The van der Waals surface area contributed by atoms with Crippen molar-refractivity contribution in [3.63, 3.8) is 0 Å². The molecule has 0 heterocycles. The van der Waals surface area contributed by atoms with Gasteiger partial charge in [0.2, 0.25) is 5.91 Å². The molecule has 0 spiro atoms. The molecule has 0 fully saturated rings. The number of amides is 1. The van der Waals surface area contributed by atoms with Gasteiger partial charge in [-0.25, -0.2) is 8.42 Å². The number of carbonyl (C=O) groups is 1. The third-order valence-electron chi connectivity index (χ3n) is 4.47. The molecule has 3 rings (SSSR count). The Kier molecular flexibility index (Phi) is 6.62. The predicted molar refractivity (Wildman–Crippen MR) is 107 cm³/mol. The first-order valence-electron chi connectivity index (χ1n) is 8.64. The van der Waals surface area contributed by atoms with Crippen LogP contribution in [0.25, 0.3) is 0 Å². The molecule has 9 heteroatoms. The number of alkyl halides is 2. The van der Waals surface area contributed by atoms with Gasteiger partial charge in [0.25, 0.3) is 5.76 Å². The summed E-state index contributed by atoms with van der Waals surface area (Å²) in [6, 6.07) is 9.50. The fourth-order valence-corrected chi connectivity index (χ4v) is 5.32. The van der Waals surface area contributed by atoms with Crippen LogP contribution >= 0.6 is 23.4 Å². The highest BCUT2D eigenvalue weighted by Crippen LogP contribution is 2.37. The van der Waals surface area contributed by atoms with Crippen molar-refractivity contribution in [1.82, 2.24) is 0 Å². The first-order valence-corrected chi connectivity index (χ1v) is 11.5. The Morgan fingerprint density at radius 3 is 2.68 bits per heavy atom. The summed E-state index contributed by atoms with van der Waals surface area (Å²) >= 11 is 6.16. The lowest BCUT2D eigenvalue weighted by Crippen LogP contribution is -2.18. The zero-order valence-corrected chi connectivity index (χ0v) is 17.1. The summed E-state index contributed by atoms with van der Waals surface area (Å²) < 4.78 is 50.5. The smallest absolute Gasteiger partial charge is 0.289 e. The molecular formula is C19H18ClF2NO3S2. The maximum Gasteiger partial charge on any atom is 0.289 e. The van der Waals surface area contributed by atoms with E-state index in [1.165, 1.54) is 23.8 Å². The van der Waals surface area contributed by atoms with E-state index in [1.54, 1.807) is 12.1 Å². The molecule has 0 aromatic heterocycles. The minimum absolute atomic E-state index is 0.0500. The molecule has 0 radical (unpaired) electrons. The summed E-state index contributed by atoms with van der Waals surface area (Å²) in [6.07, 6.45) is 2.54. The zero-order valence-electron chi connectivity index (χ0n) is 14.8. The summed E-state index contributed by atoms with van der Waals surface area (Å²) in [7, 11) is -3.62. The van der Waals surface area contributed by atoms with E-state index < -0.39 is 21.5 Å². The number of benzene rings is 2. The van der Waals surface area contributed by atoms with Gasteiger partial charge in [-0.15, -0.1) is 0 Å². The lowest BCUT2D eigenvalue weighted by molar-refractivity contribution is -0.115. The summed E-state index contributed by atoms with van der Waals surface area (Å²) in [5.74, 6) is -3.64. The van der Waals surface area contributed by atoms with Crippen molar-refractivity contribution < 1.29 is 22.0 Å². The number of carbonyl (C=O) groups excluding carboxylic acids is 1. The topological polar surface area (TPSA) is 63.2 Å². The number of thioether (sulfide) groups is 1. The Morgan fingerprint density at radius 1 is 1.18 bits per heavy atom. The molecule has 0 bridgehead atoms. The van der Waals surface area contributed by atoms with Gasteiger partial charge in [0.15, 0.2) is 9.84 Å². The molecule has 2 aromatic carbocycles. The van der Waals surface area contributed by atoms with Crippen LogP contribution in [0.4, 0.5) is 14.5 Å². The largest absolute Gasteiger partial charge is 0.325 e. The van der Waals surface area contributed by atoms with E-state index in [1.807, 2.05) is 6.07 Å². The van der Waals surface area contributed by atoms with Crippen LogP contribution < -0.4 is 5.32 Å². The van der Waals surface area contributed by atoms with Gasteiger partial charge in [-0.3, -0.25) is 4.79 Å². The normalized spacial score (nSPS) is 13.6. The van der Waals surface area contributed by atoms with Gasteiger partial charge in [0, 0.05) is 6.42 Å². The van der Waals surface area contributed by atoms with Gasteiger partial charge in [-0.2, -0.15) is 8.78 Å². The number of nitrogens with one attached hydrogen (secondary N) is 1. The third kappa shape index (κ3) is 5.04. The Labute approximate surface area is 171 Å². The number of aryl methyl sites for hydroxylation is 2. The Hall–Kier alpha value is -1.64. The quantitative estimate of drug-likeness (QED) is 0.613. The lowest BCUT2D eigenvalue weighted by Gasteiger charge is -2.12. The summed E-state index contributed by atoms with van der Waals surface area (Å²) in [5.41, 5.74) is 2.34. The number of hydrogen-bond donors (Lipinski definition) is 1. The van der Waals surface area contributed by atoms with E-state index in [0.29, 0.717) is 0 Å². The number of sulfone groups is 1. The monoisotopic (exact) mass is 445 g/mol. The SMILES string of the molecule is O=C(CCS(=O)(=O)c1ccc2c(c1)CCC2)Nc1cccc(Cl)c1SC(F)F. The maximum absolute atomic E-state index is 12.7. The molecule has 0 atom stereocenters. The lowest BCUT2D eigenvalue weighted by atomic mass is 10.1. The van der Waals surface area contributed by atoms with Crippen LogP contribution in [0.5, 0.6) is 0 Å². The minimum Gasteiger partial charge on any atom is -0.325 e. The first kappa shape index (κ1) is 21.1. The second-order valence-corrected chi connectivity index (χ2v) is 9.91. The summed E-state index contributed by atoms with van der Waals surface area (Å²) in [5, 5.41) is 2.57. The van der Waals surface area contributed by atoms with E-state index in [9.17, 15) is 22.0 Å². The van der Waals surface area contributed by atoms with Gasteiger partial charge < -0.3 is 5.32 Å². The molecule has 0 saturated heterocycles. The summed E-state index contributed by atoms with van der Waals surface area (Å²) in [4.78, 5) is 12.5. The van der Waals surface area contributed by atoms with Crippen LogP contribution in [-0.2, 0) is 27.5 Å². The first-order chi connectivity index (χ1) is 13.3. The highest BCUT2D eigenvalue weighted by Gasteiger charge is 2.21. The van der Waals surface area contributed by atoms with Crippen molar-refractivity contribution >= 4 is 44.8 Å². The van der Waals surface area contributed by atoms with Crippen molar-refractivity contribution in [1.29, 1.82) is 0 Å². The number of anilines is 1. The van der Waals surface area contributed by atoms with Crippen LogP contribution in [0.1, 0.15) is 24.0 Å². The van der Waals surface area contributed by atoms with Crippen molar-refractivity contribution in [3.05, 3.63) is 52.5 Å². The Balaban J connectivity index is 1.67. The molecule has 0 unspecified atom stereocenters. The average Bonchev–Trinajstić information content (AvgIpc) is 3.10. The van der Waals surface area contributed by atoms with E-state index in [-0.39, 0.29) is 44.4 Å². The fourth-order valence-electron chi connectivity index (χ4n) is 3.12. The molecule has 1 aliphatic carbocycles. The standard InChI is InChI=1S/C19H18ClF2NO3S2/c20-15-5-2-6-16(18(15)27-19(21)22)23-17(24)9-10-28(25,26)14-8-7-12-3-1-4-13(12)11-14/h2,5-8,11,19H,1,3-4,9-10H2,(H,23,24). The van der Waals surface area contributed by atoms with Crippen LogP contribution in [0.15, 0.2) is 46.2 Å². The van der Waals surface area contributed by atoms with Gasteiger partial charge in [-0.1, -0.05) is 35.5 Å². The van der Waals surface area contributed by atoms with Crippen molar-refractivity contribution in [2.24, 2.45) is 0 Å².